The predicted molar refractivity (Wildman–Crippen MR) is 117 cm³/mol. The quantitative estimate of drug-likeness (QED) is 0.306. The summed E-state index contributed by atoms with van der Waals surface area (Å²) in [5, 5.41) is 21.9. The number of nitro benzene ring substituents is 1. The minimum absolute atomic E-state index is 0.0591. The van der Waals surface area contributed by atoms with Gasteiger partial charge in [-0.05, 0) is 29.8 Å². The monoisotopic (exact) mass is 470 g/mol. The Bertz CT molecular complexity index is 1320. The molecule has 0 radical (unpaired) electrons. The Morgan fingerprint density at radius 2 is 2.06 bits per heavy atom. The van der Waals surface area contributed by atoms with Crippen molar-refractivity contribution in [1.29, 1.82) is 0 Å². The topological polar surface area (TPSA) is 117 Å². The van der Waals surface area contributed by atoms with Crippen LogP contribution in [-0.4, -0.2) is 30.4 Å². The van der Waals surface area contributed by atoms with E-state index >= 15 is 0 Å². The molecule has 0 atom stereocenters. The van der Waals surface area contributed by atoms with Gasteiger partial charge in [0.05, 0.1) is 28.4 Å². The molecule has 12 heteroatoms. The molecule has 1 N–H and O–H groups in total. The second kappa shape index (κ2) is 9.49. The highest BCUT2D eigenvalue weighted by Gasteiger charge is 2.13. The fourth-order valence-electron chi connectivity index (χ4n) is 2.94. The third-order valence-corrected chi connectivity index (χ3v) is 4.77. The largest absolute Gasteiger partial charge is 0.470 e. The molecular formula is C21H16ClFN6O4. The van der Waals surface area contributed by atoms with E-state index in [0.29, 0.717) is 12.2 Å². The summed E-state index contributed by atoms with van der Waals surface area (Å²) in [4.78, 5) is 22.7. The van der Waals surface area contributed by atoms with Crippen molar-refractivity contribution in [3.8, 4) is 5.75 Å². The molecule has 0 saturated carbocycles. The Morgan fingerprint density at radius 1 is 1.21 bits per heavy atom. The second-order valence-electron chi connectivity index (χ2n) is 6.90. The molecule has 2 aromatic carbocycles. The summed E-state index contributed by atoms with van der Waals surface area (Å²) < 4.78 is 21.8. The summed E-state index contributed by atoms with van der Waals surface area (Å²) in [5.41, 5.74) is 1.19. The van der Waals surface area contributed by atoms with Gasteiger partial charge in [0.2, 0.25) is 0 Å². The zero-order chi connectivity index (χ0) is 23.4. The average Bonchev–Trinajstić information content (AvgIpc) is 3.42. The van der Waals surface area contributed by atoms with Crippen LogP contribution >= 0.6 is 11.6 Å². The van der Waals surface area contributed by atoms with E-state index in [-0.39, 0.29) is 34.7 Å². The van der Waals surface area contributed by atoms with E-state index in [1.807, 2.05) is 0 Å². The predicted octanol–water partition coefficient (Wildman–Crippen LogP) is 4.12. The van der Waals surface area contributed by atoms with E-state index in [9.17, 15) is 19.3 Å². The SMILES string of the molecule is O=C(Nc1cnn(Cc2cccc(F)c2)c1)c1ccn(COc2ccc([N+](=O)[O-])cc2Cl)n1. The van der Waals surface area contributed by atoms with Crippen LogP contribution in [0.15, 0.2) is 67.1 Å². The molecule has 1 amide bonds. The van der Waals surface area contributed by atoms with Crippen LogP contribution in [-0.2, 0) is 13.3 Å². The molecule has 33 heavy (non-hydrogen) atoms. The number of carbonyl (C=O) groups excluding carboxylic acids is 1. The number of halogens is 2. The maximum absolute atomic E-state index is 13.3. The van der Waals surface area contributed by atoms with Gasteiger partial charge in [0, 0.05) is 24.5 Å². The highest BCUT2D eigenvalue weighted by Crippen LogP contribution is 2.28. The van der Waals surface area contributed by atoms with Gasteiger partial charge in [-0.1, -0.05) is 23.7 Å². The van der Waals surface area contributed by atoms with Crippen LogP contribution in [0.5, 0.6) is 5.75 Å². The van der Waals surface area contributed by atoms with Gasteiger partial charge in [-0.2, -0.15) is 10.2 Å². The Labute approximate surface area is 191 Å². The van der Waals surface area contributed by atoms with Crippen molar-refractivity contribution >= 4 is 28.9 Å². The lowest BCUT2D eigenvalue weighted by Crippen LogP contribution is -2.14. The number of aromatic nitrogens is 4. The standard InChI is InChI=1S/C21H16ClFN6O4/c22-18-9-17(29(31)32)4-5-20(18)33-13-27-7-6-19(26-27)21(30)25-16-10-24-28(12-16)11-14-2-1-3-15(23)8-14/h1-10,12H,11,13H2,(H,25,30). The summed E-state index contributed by atoms with van der Waals surface area (Å²) >= 11 is 6.00. The number of amides is 1. The van der Waals surface area contributed by atoms with Crippen LogP contribution in [0.25, 0.3) is 0 Å². The summed E-state index contributed by atoms with van der Waals surface area (Å²) in [6.45, 7) is 0.293. The van der Waals surface area contributed by atoms with Crippen LogP contribution in [0.2, 0.25) is 5.02 Å². The Hall–Kier alpha value is -4.25. The average molecular weight is 471 g/mol. The first-order valence-electron chi connectivity index (χ1n) is 9.56. The van der Waals surface area contributed by atoms with Gasteiger partial charge in [0.25, 0.3) is 11.6 Å². The molecule has 2 aromatic heterocycles. The van der Waals surface area contributed by atoms with Crippen molar-refractivity contribution in [3.63, 3.8) is 0 Å². The summed E-state index contributed by atoms with van der Waals surface area (Å²) in [6, 6.07) is 11.5. The van der Waals surface area contributed by atoms with Crippen LogP contribution in [0.3, 0.4) is 0 Å². The minimum atomic E-state index is -0.556. The molecule has 0 aliphatic heterocycles. The zero-order valence-electron chi connectivity index (χ0n) is 16.9. The number of benzene rings is 2. The fraction of sp³-hybridized carbons (Fsp3) is 0.0952. The molecule has 0 bridgehead atoms. The van der Waals surface area contributed by atoms with Crippen molar-refractivity contribution in [1.82, 2.24) is 19.6 Å². The Balaban J connectivity index is 1.34. The molecule has 0 fully saturated rings. The van der Waals surface area contributed by atoms with Gasteiger partial charge < -0.3 is 10.1 Å². The number of ether oxygens (including phenoxy) is 1. The molecule has 0 unspecified atom stereocenters. The second-order valence-corrected chi connectivity index (χ2v) is 7.30. The first-order valence-corrected chi connectivity index (χ1v) is 9.93. The molecule has 168 valence electrons. The van der Waals surface area contributed by atoms with E-state index in [2.05, 4.69) is 15.5 Å². The molecule has 0 saturated heterocycles. The first-order chi connectivity index (χ1) is 15.9. The molecule has 10 nitrogen and oxygen atoms in total. The van der Waals surface area contributed by atoms with E-state index in [1.54, 1.807) is 29.2 Å². The third kappa shape index (κ3) is 5.52. The van der Waals surface area contributed by atoms with Crippen molar-refractivity contribution in [2.45, 2.75) is 13.3 Å². The number of hydrogen-bond donors (Lipinski definition) is 1. The maximum Gasteiger partial charge on any atom is 0.276 e. The maximum atomic E-state index is 13.3. The highest BCUT2D eigenvalue weighted by molar-refractivity contribution is 6.32. The lowest BCUT2D eigenvalue weighted by Gasteiger charge is -2.07. The van der Waals surface area contributed by atoms with E-state index in [1.165, 1.54) is 47.3 Å². The van der Waals surface area contributed by atoms with Crippen molar-refractivity contribution in [2.24, 2.45) is 0 Å². The summed E-state index contributed by atoms with van der Waals surface area (Å²) in [7, 11) is 0. The van der Waals surface area contributed by atoms with Gasteiger partial charge >= 0.3 is 0 Å². The molecule has 0 spiro atoms. The van der Waals surface area contributed by atoms with Gasteiger partial charge in [-0.15, -0.1) is 0 Å². The molecule has 4 aromatic rings. The van der Waals surface area contributed by atoms with Gasteiger partial charge in [-0.3, -0.25) is 19.6 Å². The lowest BCUT2D eigenvalue weighted by molar-refractivity contribution is -0.384. The van der Waals surface area contributed by atoms with Crippen LogP contribution in [0.1, 0.15) is 16.1 Å². The molecular weight excluding hydrogens is 455 g/mol. The number of carbonyl (C=O) groups is 1. The highest BCUT2D eigenvalue weighted by atomic mass is 35.5. The molecule has 4 rings (SSSR count). The zero-order valence-corrected chi connectivity index (χ0v) is 17.6. The summed E-state index contributed by atoms with van der Waals surface area (Å²) in [5.74, 6) is -0.537. The molecule has 0 aliphatic rings. The molecule has 0 aliphatic carbocycles. The number of hydrogen-bond acceptors (Lipinski definition) is 6. The summed E-state index contributed by atoms with van der Waals surface area (Å²) in [6.07, 6.45) is 4.65. The normalized spacial score (nSPS) is 10.7. The number of nitrogens with zero attached hydrogens (tertiary/aromatic N) is 5. The number of anilines is 1. The van der Waals surface area contributed by atoms with Crippen molar-refractivity contribution < 1.29 is 18.8 Å². The number of non-ortho nitro benzene ring substituents is 1. The number of nitrogens with one attached hydrogen (secondary N) is 1. The first kappa shape index (κ1) is 22.0. The van der Waals surface area contributed by atoms with E-state index < -0.39 is 10.8 Å². The Morgan fingerprint density at radius 3 is 2.82 bits per heavy atom. The number of rotatable bonds is 8. The fourth-order valence-corrected chi connectivity index (χ4v) is 3.17. The van der Waals surface area contributed by atoms with Gasteiger partial charge in [0.1, 0.15) is 11.6 Å². The van der Waals surface area contributed by atoms with Crippen molar-refractivity contribution in [3.05, 3.63) is 99.3 Å². The van der Waals surface area contributed by atoms with Crippen LogP contribution in [0, 0.1) is 15.9 Å². The van der Waals surface area contributed by atoms with Crippen LogP contribution < -0.4 is 10.1 Å². The molecule has 2 heterocycles. The van der Waals surface area contributed by atoms with Gasteiger partial charge in [-0.25, -0.2) is 9.07 Å². The van der Waals surface area contributed by atoms with E-state index in [0.717, 1.165) is 5.56 Å². The lowest BCUT2D eigenvalue weighted by atomic mass is 10.2. The third-order valence-electron chi connectivity index (χ3n) is 4.48. The van der Waals surface area contributed by atoms with Gasteiger partial charge in [0.15, 0.2) is 12.4 Å². The smallest absolute Gasteiger partial charge is 0.276 e. The minimum Gasteiger partial charge on any atom is -0.470 e. The van der Waals surface area contributed by atoms with Crippen LogP contribution in [0.4, 0.5) is 15.8 Å². The number of nitro groups is 1. The van der Waals surface area contributed by atoms with Crippen molar-refractivity contribution in [2.75, 3.05) is 5.32 Å². The Kier molecular flexibility index (Phi) is 6.31. The van der Waals surface area contributed by atoms with E-state index in [4.69, 9.17) is 16.3 Å².